The van der Waals surface area contributed by atoms with Gasteiger partial charge in [0.05, 0.1) is 0 Å². The van der Waals surface area contributed by atoms with Gasteiger partial charge in [0, 0.05) is 16.1 Å². The van der Waals surface area contributed by atoms with Crippen LogP contribution in [0, 0.1) is 0 Å². The van der Waals surface area contributed by atoms with Gasteiger partial charge in [0.1, 0.15) is 0 Å². The molecule has 0 aromatic rings. The Bertz CT molecular complexity index is 164. The Morgan fingerprint density at radius 1 is 0.389 bits per heavy atom. The van der Waals surface area contributed by atoms with E-state index in [1.807, 2.05) is 0 Å². The Morgan fingerprint density at radius 3 is 0.833 bits per heavy atom. The quantitative estimate of drug-likeness (QED) is 0.290. The molecule has 0 aliphatic heterocycles. The molecule has 0 nitrogen and oxygen atoms in total. The molecule has 0 aromatic carbocycles. The standard InChI is InChI=1S/C16H38Si2/c1-17(2,3)15-13-11-9-7-8-10-12-14-16-18(4,5)6/h7-16H2,1-6H3. The molecule has 0 bridgehead atoms. The normalized spacial score (nSPS) is 13.0. The zero-order chi connectivity index (χ0) is 14.1. The summed E-state index contributed by atoms with van der Waals surface area (Å²) in [6.07, 6.45) is 11.9. The summed E-state index contributed by atoms with van der Waals surface area (Å²) in [6, 6.07) is 3.06. The second-order valence-electron chi connectivity index (χ2n) is 8.45. The Morgan fingerprint density at radius 2 is 0.611 bits per heavy atom. The van der Waals surface area contributed by atoms with Crippen molar-refractivity contribution in [2.24, 2.45) is 0 Å². The van der Waals surface area contributed by atoms with E-state index in [9.17, 15) is 0 Å². The monoisotopic (exact) mass is 286 g/mol. The maximum Gasteiger partial charge on any atom is 0.0442 e. The Balaban J connectivity index is 3.13. The van der Waals surface area contributed by atoms with Gasteiger partial charge in [-0.25, -0.2) is 0 Å². The summed E-state index contributed by atoms with van der Waals surface area (Å²) in [7, 11) is -1.51. The van der Waals surface area contributed by atoms with Crippen LogP contribution >= 0.6 is 0 Å². The van der Waals surface area contributed by atoms with Crippen molar-refractivity contribution in [3.05, 3.63) is 0 Å². The zero-order valence-corrected chi connectivity index (χ0v) is 16.1. The first-order valence-electron chi connectivity index (χ1n) is 8.21. The molecule has 2 heteroatoms. The molecule has 0 spiro atoms. The van der Waals surface area contributed by atoms with Gasteiger partial charge in [-0.05, 0) is 0 Å². The molecule has 0 saturated carbocycles. The number of hydrogen-bond acceptors (Lipinski definition) is 0. The van der Waals surface area contributed by atoms with Crippen LogP contribution < -0.4 is 0 Å². The Kier molecular flexibility index (Phi) is 9.58. The third-order valence-corrected chi connectivity index (χ3v) is 7.31. The van der Waals surface area contributed by atoms with Gasteiger partial charge in [0.25, 0.3) is 0 Å². The lowest BCUT2D eigenvalue weighted by Gasteiger charge is -2.15. The van der Waals surface area contributed by atoms with Crippen LogP contribution in [0.4, 0.5) is 0 Å². The number of unbranched alkanes of at least 4 members (excludes halogenated alkanes) is 7. The van der Waals surface area contributed by atoms with Gasteiger partial charge < -0.3 is 0 Å². The van der Waals surface area contributed by atoms with Gasteiger partial charge in [-0.2, -0.15) is 0 Å². The highest BCUT2D eigenvalue weighted by molar-refractivity contribution is 6.76. The molecule has 0 aliphatic rings. The predicted octanol–water partition coefficient (Wildman–Crippen LogP) is 6.78. The van der Waals surface area contributed by atoms with E-state index >= 15 is 0 Å². The Labute approximate surface area is 119 Å². The van der Waals surface area contributed by atoms with Crippen molar-refractivity contribution in [2.45, 2.75) is 103 Å². The minimum absolute atomic E-state index is 0.757. The fourth-order valence-corrected chi connectivity index (χ4v) is 4.99. The second-order valence-corrected chi connectivity index (χ2v) is 19.7. The predicted molar refractivity (Wildman–Crippen MR) is 93.2 cm³/mol. The third kappa shape index (κ3) is 16.4. The molecule has 0 saturated heterocycles. The smallest absolute Gasteiger partial charge is 0.0442 e. The summed E-state index contributed by atoms with van der Waals surface area (Å²) in [4.78, 5) is 0. The average Bonchev–Trinajstić information content (AvgIpc) is 2.17. The SMILES string of the molecule is C[Si](C)(C)CCCCCCCCCC[Si](C)(C)C. The highest BCUT2D eigenvalue weighted by Crippen LogP contribution is 2.17. The van der Waals surface area contributed by atoms with E-state index < -0.39 is 16.1 Å². The van der Waals surface area contributed by atoms with Crippen molar-refractivity contribution in [3.63, 3.8) is 0 Å². The molecule has 110 valence electrons. The van der Waals surface area contributed by atoms with Crippen LogP contribution in [0.3, 0.4) is 0 Å². The number of rotatable bonds is 11. The first kappa shape index (κ1) is 18.4. The number of hydrogen-bond donors (Lipinski definition) is 0. The minimum Gasteiger partial charge on any atom is -0.0695 e. The van der Waals surface area contributed by atoms with Crippen LogP contribution in [-0.4, -0.2) is 16.1 Å². The van der Waals surface area contributed by atoms with Crippen molar-refractivity contribution in [3.8, 4) is 0 Å². The van der Waals surface area contributed by atoms with Crippen LogP contribution in [0.25, 0.3) is 0 Å². The van der Waals surface area contributed by atoms with Gasteiger partial charge in [-0.3, -0.25) is 0 Å². The van der Waals surface area contributed by atoms with Gasteiger partial charge in [-0.15, -0.1) is 0 Å². The molecule has 0 N–H and O–H groups in total. The lowest BCUT2D eigenvalue weighted by molar-refractivity contribution is 0.583. The summed E-state index contributed by atoms with van der Waals surface area (Å²) < 4.78 is 0. The lowest BCUT2D eigenvalue weighted by atomic mass is 10.1. The minimum atomic E-state index is -0.757. The molecule has 0 atom stereocenters. The highest BCUT2D eigenvalue weighted by Gasteiger charge is 2.12. The largest absolute Gasteiger partial charge is 0.0695 e. The topological polar surface area (TPSA) is 0 Å². The summed E-state index contributed by atoms with van der Waals surface area (Å²) in [5.41, 5.74) is 0. The summed E-state index contributed by atoms with van der Waals surface area (Å²) in [5.74, 6) is 0. The second kappa shape index (κ2) is 9.36. The fourth-order valence-electron chi connectivity index (χ4n) is 2.37. The van der Waals surface area contributed by atoms with E-state index in [0.717, 1.165) is 0 Å². The third-order valence-electron chi connectivity index (χ3n) is 3.60. The van der Waals surface area contributed by atoms with E-state index in [1.165, 1.54) is 63.5 Å². The Hall–Kier alpha value is 0.434. The van der Waals surface area contributed by atoms with E-state index in [1.54, 1.807) is 0 Å². The van der Waals surface area contributed by atoms with E-state index in [2.05, 4.69) is 39.3 Å². The first-order valence-corrected chi connectivity index (χ1v) is 15.6. The van der Waals surface area contributed by atoms with Gasteiger partial charge >= 0.3 is 0 Å². The lowest BCUT2D eigenvalue weighted by Crippen LogP contribution is -2.18. The molecule has 0 fully saturated rings. The molecule has 0 heterocycles. The van der Waals surface area contributed by atoms with Crippen molar-refractivity contribution in [2.75, 3.05) is 0 Å². The van der Waals surface area contributed by atoms with Gasteiger partial charge in [0.15, 0.2) is 0 Å². The molecular weight excluding hydrogens is 248 g/mol. The molecule has 0 radical (unpaired) electrons. The van der Waals surface area contributed by atoms with Gasteiger partial charge in [-0.1, -0.05) is 103 Å². The van der Waals surface area contributed by atoms with Crippen molar-refractivity contribution < 1.29 is 0 Å². The van der Waals surface area contributed by atoms with E-state index in [4.69, 9.17) is 0 Å². The molecule has 0 aromatic heterocycles. The van der Waals surface area contributed by atoms with Gasteiger partial charge in [0.2, 0.25) is 0 Å². The summed E-state index contributed by atoms with van der Waals surface area (Å²) in [6.45, 7) is 14.9. The van der Waals surface area contributed by atoms with Crippen molar-refractivity contribution in [1.29, 1.82) is 0 Å². The molecule has 0 aliphatic carbocycles. The maximum absolute atomic E-state index is 2.49. The van der Waals surface area contributed by atoms with Crippen LogP contribution in [0.5, 0.6) is 0 Å². The summed E-state index contributed by atoms with van der Waals surface area (Å²) >= 11 is 0. The van der Waals surface area contributed by atoms with Crippen LogP contribution in [0.15, 0.2) is 0 Å². The highest BCUT2D eigenvalue weighted by atomic mass is 28.3. The molecule has 18 heavy (non-hydrogen) atoms. The van der Waals surface area contributed by atoms with Crippen LogP contribution in [0.2, 0.25) is 51.4 Å². The van der Waals surface area contributed by atoms with Crippen molar-refractivity contribution >= 4 is 16.1 Å². The van der Waals surface area contributed by atoms with Crippen LogP contribution in [-0.2, 0) is 0 Å². The van der Waals surface area contributed by atoms with Crippen LogP contribution in [0.1, 0.15) is 51.4 Å². The van der Waals surface area contributed by atoms with Crippen molar-refractivity contribution in [1.82, 2.24) is 0 Å². The summed E-state index contributed by atoms with van der Waals surface area (Å²) in [5, 5.41) is 0. The first-order chi connectivity index (χ1) is 8.21. The maximum atomic E-state index is 2.49. The van der Waals surface area contributed by atoms with E-state index in [0.29, 0.717) is 0 Å². The zero-order valence-electron chi connectivity index (χ0n) is 14.1. The van der Waals surface area contributed by atoms with E-state index in [-0.39, 0.29) is 0 Å². The molecule has 0 amide bonds. The molecular formula is C16H38Si2. The fraction of sp³-hybridized carbons (Fsp3) is 1.00. The molecule has 0 unspecified atom stereocenters. The molecule has 0 rings (SSSR count). The average molecular weight is 287 g/mol.